The largest absolute Gasteiger partial charge is 0.482 e. The highest BCUT2D eigenvalue weighted by Crippen LogP contribution is 2.33. The first-order valence-corrected chi connectivity index (χ1v) is 12.1. The number of aliphatic carboxylic acids is 1. The number of anilines is 2. The van der Waals surface area contributed by atoms with Crippen LogP contribution in [0.3, 0.4) is 0 Å². The number of carboxylic acids is 1. The Morgan fingerprint density at radius 2 is 1.38 bits per heavy atom. The fourth-order valence-electron chi connectivity index (χ4n) is 3.60. The van der Waals surface area contributed by atoms with Gasteiger partial charge in [-0.2, -0.15) is 0 Å². The molecule has 0 aliphatic carbocycles. The van der Waals surface area contributed by atoms with Crippen molar-refractivity contribution in [3.05, 3.63) is 93.0 Å². The van der Waals surface area contributed by atoms with Crippen LogP contribution in [0.5, 0.6) is 5.75 Å². The van der Waals surface area contributed by atoms with E-state index in [1.54, 1.807) is 60.7 Å². The Hall–Kier alpha value is -3.72. The molecule has 1 fully saturated rings. The minimum absolute atomic E-state index is 0.0376. The normalized spacial score (nSPS) is 13.7. The summed E-state index contributed by atoms with van der Waals surface area (Å²) >= 11 is 18.3. The highest BCUT2D eigenvalue weighted by Gasteiger charge is 2.41. The zero-order chi connectivity index (χ0) is 26.9. The van der Waals surface area contributed by atoms with Gasteiger partial charge in [-0.3, -0.25) is 19.4 Å². The van der Waals surface area contributed by atoms with Crippen LogP contribution in [0.4, 0.5) is 11.4 Å². The van der Waals surface area contributed by atoms with Gasteiger partial charge in [-0.05, 0) is 85.2 Å². The molecule has 3 aromatic rings. The summed E-state index contributed by atoms with van der Waals surface area (Å²) in [6.45, 7) is 3.18. The molecule has 3 aromatic carbocycles. The molecular weight excluding hydrogens is 535 g/mol. The maximum absolute atomic E-state index is 13.7. The molecule has 1 N–H and O–H groups in total. The molecular formula is C27H20Cl2N2O5S. The number of carboxylic acid groups (broad SMARTS) is 1. The molecule has 0 saturated carbocycles. The van der Waals surface area contributed by atoms with Crippen molar-refractivity contribution in [3.63, 3.8) is 0 Å². The van der Waals surface area contributed by atoms with Crippen LogP contribution >= 0.6 is 35.4 Å². The van der Waals surface area contributed by atoms with Crippen LogP contribution in [0, 0.1) is 13.8 Å². The molecule has 7 nitrogen and oxygen atoms in total. The molecule has 1 aliphatic rings. The lowest BCUT2D eigenvalue weighted by molar-refractivity contribution is -0.139. The lowest BCUT2D eigenvalue weighted by Crippen LogP contribution is -2.57. The molecule has 10 heteroatoms. The van der Waals surface area contributed by atoms with Crippen LogP contribution in [0.1, 0.15) is 16.7 Å². The molecule has 2 amide bonds. The Morgan fingerprint density at radius 3 is 1.81 bits per heavy atom. The number of rotatable bonds is 6. The summed E-state index contributed by atoms with van der Waals surface area (Å²) in [6.07, 6.45) is 1.44. The van der Waals surface area contributed by atoms with Crippen LogP contribution < -0.4 is 14.5 Å². The summed E-state index contributed by atoms with van der Waals surface area (Å²) in [5, 5.41) is 9.63. The molecule has 0 atom stereocenters. The molecule has 1 aliphatic heterocycles. The summed E-state index contributed by atoms with van der Waals surface area (Å²) in [7, 11) is 0. The summed E-state index contributed by atoms with van der Waals surface area (Å²) < 4.78 is 5.15. The van der Waals surface area contributed by atoms with E-state index in [-0.39, 0.29) is 10.7 Å². The highest BCUT2D eigenvalue weighted by atomic mass is 35.5. The van der Waals surface area contributed by atoms with Gasteiger partial charge in [0.2, 0.25) is 0 Å². The number of amides is 2. The van der Waals surface area contributed by atoms with Crippen molar-refractivity contribution in [1.29, 1.82) is 0 Å². The average Bonchev–Trinajstić information content (AvgIpc) is 2.85. The van der Waals surface area contributed by atoms with E-state index >= 15 is 0 Å². The van der Waals surface area contributed by atoms with Gasteiger partial charge in [-0.25, -0.2) is 4.79 Å². The number of aryl methyl sites for hydroxylation is 2. The summed E-state index contributed by atoms with van der Waals surface area (Å²) in [6, 6.07) is 16.5. The number of ether oxygens (including phenoxy) is 1. The molecule has 1 heterocycles. The minimum atomic E-state index is -1.10. The lowest BCUT2D eigenvalue weighted by atomic mass is 10.0. The third kappa shape index (κ3) is 5.51. The lowest BCUT2D eigenvalue weighted by Gasteiger charge is -2.36. The molecule has 0 aromatic heterocycles. The Labute approximate surface area is 228 Å². The first kappa shape index (κ1) is 26.3. The van der Waals surface area contributed by atoms with Gasteiger partial charge in [-0.15, -0.1) is 0 Å². The molecule has 37 heavy (non-hydrogen) atoms. The van der Waals surface area contributed by atoms with Crippen molar-refractivity contribution in [2.45, 2.75) is 13.8 Å². The van der Waals surface area contributed by atoms with Crippen molar-refractivity contribution in [3.8, 4) is 5.75 Å². The van der Waals surface area contributed by atoms with E-state index in [4.69, 9.17) is 45.3 Å². The molecule has 4 rings (SSSR count). The number of carbonyl (C=O) groups is 3. The van der Waals surface area contributed by atoms with Crippen LogP contribution in [0.25, 0.3) is 6.08 Å². The van der Waals surface area contributed by atoms with Gasteiger partial charge in [0, 0.05) is 10.0 Å². The number of nitrogens with zero attached hydrogens (tertiary/aromatic N) is 2. The number of halogens is 2. The summed E-state index contributed by atoms with van der Waals surface area (Å²) in [5.74, 6) is -2.00. The van der Waals surface area contributed by atoms with Gasteiger partial charge in [0.1, 0.15) is 11.3 Å². The maximum Gasteiger partial charge on any atom is 0.341 e. The van der Waals surface area contributed by atoms with Gasteiger partial charge in [-0.1, -0.05) is 47.5 Å². The fourth-order valence-corrected chi connectivity index (χ4v) is 4.32. The molecule has 188 valence electrons. The predicted molar refractivity (Wildman–Crippen MR) is 147 cm³/mol. The smallest absolute Gasteiger partial charge is 0.341 e. The topological polar surface area (TPSA) is 87.1 Å². The van der Waals surface area contributed by atoms with Crippen molar-refractivity contribution in [2.24, 2.45) is 0 Å². The molecule has 1 saturated heterocycles. The van der Waals surface area contributed by atoms with Crippen LogP contribution in [0.15, 0.2) is 66.2 Å². The van der Waals surface area contributed by atoms with Crippen molar-refractivity contribution in [1.82, 2.24) is 0 Å². The predicted octanol–water partition coefficient (Wildman–Crippen LogP) is 5.82. The van der Waals surface area contributed by atoms with Gasteiger partial charge < -0.3 is 9.84 Å². The Bertz CT molecular complexity index is 1390. The zero-order valence-corrected chi connectivity index (χ0v) is 22.0. The monoisotopic (exact) mass is 554 g/mol. The first-order chi connectivity index (χ1) is 17.6. The quantitative estimate of drug-likeness (QED) is 0.234. The summed E-state index contributed by atoms with van der Waals surface area (Å²) in [5.41, 5.74) is 2.84. The van der Waals surface area contributed by atoms with Crippen LogP contribution in [-0.4, -0.2) is 34.6 Å². The second-order valence-corrected chi connectivity index (χ2v) is 9.42. The van der Waals surface area contributed by atoms with Gasteiger partial charge >= 0.3 is 5.97 Å². The third-order valence-electron chi connectivity index (χ3n) is 5.63. The van der Waals surface area contributed by atoms with E-state index in [9.17, 15) is 14.4 Å². The van der Waals surface area contributed by atoms with Gasteiger partial charge in [0.05, 0.1) is 11.4 Å². The highest BCUT2D eigenvalue weighted by molar-refractivity contribution is 7.81. The second kappa shape index (κ2) is 10.7. The zero-order valence-electron chi connectivity index (χ0n) is 19.7. The van der Waals surface area contributed by atoms with E-state index < -0.39 is 24.4 Å². The van der Waals surface area contributed by atoms with E-state index in [2.05, 4.69) is 0 Å². The Kier molecular flexibility index (Phi) is 7.63. The number of hydrogen-bond donors (Lipinski definition) is 1. The van der Waals surface area contributed by atoms with Gasteiger partial charge in [0.15, 0.2) is 11.7 Å². The number of hydrogen-bond acceptors (Lipinski definition) is 5. The van der Waals surface area contributed by atoms with Crippen molar-refractivity contribution < 1.29 is 24.2 Å². The Morgan fingerprint density at radius 1 is 0.892 bits per heavy atom. The Balaban J connectivity index is 1.80. The molecule has 0 radical (unpaired) electrons. The first-order valence-electron chi connectivity index (χ1n) is 11.0. The number of benzene rings is 3. The van der Waals surface area contributed by atoms with Crippen LogP contribution in [-0.2, 0) is 14.4 Å². The second-order valence-electron chi connectivity index (χ2n) is 8.24. The summed E-state index contributed by atoms with van der Waals surface area (Å²) in [4.78, 5) is 40.5. The average molecular weight is 555 g/mol. The maximum atomic E-state index is 13.7. The molecule has 0 spiro atoms. The third-order valence-corrected chi connectivity index (χ3v) is 6.81. The van der Waals surface area contributed by atoms with Crippen LogP contribution in [0.2, 0.25) is 10.0 Å². The van der Waals surface area contributed by atoms with Crippen molar-refractivity contribution in [2.75, 3.05) is 16.4 Å². The van der Waals surface area contributed by atoms with E-state index in [0.717, 1.165) is 11.1 Å². The SMILES string of the molecule is Cc1ccc(N2C(=O)C(=Cc3ccc(OCC(=O)O)cc3)C(=O)N(c3ccc(C)c(Cl)c3)C2=S)cc1Cl. The number of carbonyl (C=O) groups excluding carboxylic acids is 2. The van der Waals surface area contributed by atoms with Crippen molar-refractivity contribution >= 4 is 75.8 Å². The van der Waals surface area contributed by atoms with Gasteiger partial charge in [0.25, 0.3) is 11.8 Å². The standard InChI is InChI=1S/C27H20Cl2N2O5S/c1-15-3-7-18(12-22(15)28)30-25(34)21(11-17-5-9-20(10-6-17)36-14-24(32)33)26(35)31(27(30)37)19-8-4-16(2)23(29)13-19/h3-13H,14H2,1-2H3,(H,32,33). The minimum Gasteiger partial charge on any atom is -0.482 e. The van der Waals surface area contributed by atoms with E-state index in [0.29, 0.717) is 32.7 Å². The van der Waals surface area contributed by atoms with E-state index in [1.807, 2.05) is 13.8 Å². The number of thiocarbonyl (C=S) groups is 1. The molecule has 0 bridgehead atoms. The molecule has 0 unspecified atom stereocenters. The van der Waals surface area contributed by atoms with E-state index in [1.165, 1.54) is 15.9 Å². The fraction of sp³-hybridized carbons (Fsp3) is 0.111.